The minimum atomic E-state index is -0.381. The summed E-state index contributed by atoms with van der Waals surface area (Å²) in [6.45, 7) is 7.41. The Hall–Kier alpha value is -1.88. The van der Waals surface area contributed by atoms with Gasteiger partial charge in [0.1, 0.15) is 12.1 Å². The van der Waals surface area contributed by atoms with E-state index in [0.29, 0.717) is 13.0 Å². The molecule has 0 bridgehead atoms. The van der Waals surface area contributed by atoms with Crippen LogP contribution in [0.3, 0.4) is 0 Å². The summed E-state index contributed by atoms with van der Waals surface area (Å²) in [5, 5.41) is 6.39. The van der Waals surface area contributed by atoms with E-state index in [1.165, 1.54) is 11.1 Å². The van der Waals surface area contributed by atoms with E-state index in [2.05, 4.69) is 29.7 Å². The number of carbonyl (C=O) groups is 2. The minimum absolute atomic E-state index is 0.0107. The lowest BCUT2D eigenvalue weighted by Gasteiger charge is -2.36. The van der Waals surface area contributed by atoms with Gasteiger partial charge in [-0.05, 0) is 30.4 Å². The van der Waals surface area contributed by atoms with Crippen molar-refractivity contribution >= 4 is 11.8 Å². The molecule has 0 spiro atoms. The average molecular weight is 315 g/mol. The van der Waals surface area contributed by atoms with Gasteiger partial charge in [0, 0.05) is 19.1 Å². The number of hydrogen-bond acceptors (Lipinski definition) is 3. The van der Waals surface area contributed by atoms with Gasteiger partial charge in [0.2, 0.25) is 11.8 Å². The van der Waals surface area contributed by atoms with Gasteiger partial charge in [-0.3, -0.25) is 9.59 Å². The van der Waals surface area contributed by atoms with E-state index in [1.807, 2.05) is 26.0 Å². The molecule has 0 aliphatic carbocycles. The number of rotatable bonds is 4. The van der Waals surface area contributed by atoms with Crippen LogP contribution in [-0.2, 0) is 16.1 Å². The summed E-state index contributed by atoms with van der Waals surface area (Å²) in [6.07, 6.45) is 0.689. The number of nitrogens with zero attached hydrogens (tertiary/aromatic N) is 1. The lowest BCUT2D eigenvalue weighted by molar-refractivity contribution is -0.148. The lowest BCUT2D eigenvalue weighted by Crippen LogP contribution is -2.62. The molecule has 0 aromatic heterocycles. The normalized spacial score (nSPS) is 27.3. The monoisotopic (exact) mass is 315 g/mol. The molecule has 2 fully saturated rings. The summed E-state index contributed by atoms with van der Waals surface area (Å²) in [5.74, 6) is 0.166. The maximum absolute atomic E-state index is 12.6. The van der Waals surface area contributed by atoms with E-state index in [4.69, 9.17) is 0 Å². The second kappa shape index (κ2) is 6.32. The highest BCUT2D eigenvalue weighted by atomic mass is 16.2. The third-order valence-corrected chi connectivity index (χ3v) is 4.96. The summed E-state index contributed by atoms with van der Waals surface area (Å²) in [7, 11) is 0. The second-order valence-electron chi connectivity index (χ2n) is 6.98. The molecule has 2 saturated heterocycles. The minimum Gasteiger partial charge on any atom is -0.342 e. The molecule has 3 atom stereocenters. The van der Waals surface area contributed by atoms with Gasteiger partial charge in [-0.25, -0.2) is 0 Å². The third kappa shape index (κ3) is 3.11. The van der Waals surface area contributed by atoms with E-state index in [-0.39, 0.29) is 35.9 Å². The van der Waals surface area contributed by atoms with Crippen LogP contribution in [-0.4, -0.2) is 41.4 Å². The van der Waals surface area contributed by atoms with Crippen molar-refractivity contribution in [2.45, 2.75) is 51.9 Å². The lowest BCUT2D eigenvalue weighted by atomic mass is 9.98. The molecule has 1 aromatic carbocycles. The van der Waals surface area contributed by atoms with E-state index in [0.717, 1.165) is 6.54 Å². The molecule has 2 aliphatic rings. The van der Waals surface area contributed by atoms with Gasteiger partial charge >= 0.3 is 0 Å². The van der Waals surface area contributed by atoms with Gasteiger partial charge in [0.25, 0.3) is 0 Å². The molecular weight excluding hydrogens is 290 g/mol. The number of amides is 2. The summed E-state index contributed by atoms with van der Waals surface area (Å²) >= 11 is 0. The Labute approximate surface area is 137 Å². The zero-order valence-electron chi connectivity index (χ0n) is 14.0. The van der Waals surface area contributed by atoms with Crippen molar-refractivity contribution in [2.24, 2.45) is 5.92 Å². The molecule has 2 N–H and O–H groups in total. The molecular formula is C18H25N3O2. The summed E-state index contributed by atoms with van der Waals surface area (Å²) in [4.78, 5) is 26.6. The molecule has 5 heteroatoms. The third-order valence-electron chi connectivity index (χ3n) is 4.96. The van der Waals surface area contributed by atoms with Crippen LogP contribution in [0.2, 0.25) is 0 Å². The van der Waals surface area contributed by atoms with Crippen LogP contribution in [0.4, 0.5) is 0 Å². The molecule has 124 valence electrons. The first-order valence-electron chi connectivity index (χ1n) is 8.36. The molecule has 5 nitrogen and oxygen atoms in total. The largest absolute Gasteiger partial charge is 0.342 e. The first kappa shape index (κ1) is 16.0. The van der Waals surface area contributed by atoms with E-state index in [9.17, 15) is 9.59 Å². The highest BCUT2D eigenvalue weighted by molar-refractivity contribution is 5.97. The Morgan fingerprint density at radius 2 is 2.04 bits per heavy atom. The van der Waals surface area contributed by atoms with Crippen molar-refractivity contribution in [1.82, 2.24) is 15.5 Å². The predicted molar refractivity (Wildman–Crippen MR) is 88.7 cm³/mol. The summed E-state index contributed by atoms with van der Waals surface area (Å²) in [5.41, 5.74) is 2.51. The van der Waals surface area contributed by atoms with E-state index < -0.39 is 0 Å². The van der Waals surface area contributed by atoms with Crippen LogP contribution < -0.4 is 10.6 Å². The van der Waals surface area contributed by atoms with Gasteiger partial charge in [-0.2, -0.15) is 0 Å². The van der Waals surface area contributed by atoms with Crippen LogP contribution in [0.25, 0.3) is 0 Å². The van der Waals surface area contributed by atoms with Gasteiger partial charge in [-0.1, -0.05) is 38.1 Å². The Kier molecular flexibility index (Phi) is 4.39. The number of carbonyl (C=O) groups excluding carboxylic acids is 2. The summed E-state index contributed by atoms with van der Waals surface area (Å²) < 4.78 is 0. The predicted octanol–water partition coefficient (Wildman–Crippen LogP) is 1.21. The highest BCUT2D eigenvalue weighted by Gasteiger charge is 2.46. The van der Waals surface area contributed by atoms with Gasteiger partial charge < -0.3 is 15.5 Å². The standard InChI is InChI=1S/C18H25N3O2/c1-11(2)16-18(23)21-10-14(8-15(21)17(22)20-16)19-9-13-7-5-4-6-12(13)3/h4-7,11,14-16,19H,8-10H2,1-3H3,(H,20,22)/t14-,15-,16-/m0/s1. The molecule has 3 rings (SSSR count). The molecule has 2 amide bonds. The molecule has 23 heavy (non-hydrogen) atoms. The van der Waals surface area contributed by atoms with Crippen LogP contribution in [0.15, 0.2) is 24.3 Å². The fourth-order valence-electron chi connectivity index (χ4n) is 3.48. The zero-order valence-corrected chi connectivity index (χ0v) is 14.0. The number of nitrogens with one attached hydrogen (secondary N) is 2. The molecule has 2 aliphatic heterocycles. The fraction of sp³-hybridized carbons (Fsp3) is 0.556. The second-order valence-corrected chi connectivity index (χ2v) is 6.98. The number of hydrogen-bond donors (Lipinski definition) is 2. The maximum atomic E-state index is 12.6. The number of aryl methyl sites for hydroxylation is 1. The Morgan fingerprint density at radius 1 is 1.30 bits per heavy atom. The number of piperazine rings is 1. The topological polar surface area (TPSA) is 61.4 Å². The summed E-state index contributed by atoms with van der Waals surface area (Å²) in [6, 6.07) is 7.74. The number of fused-ring (bicyclic) bond motifs is 1. The van der Waals surface area contributed by atoms with Crippen molar-refractivity contribution in [1.29, 1.82) is 0 Å². The van der Waals surface area contributed by atoms with Crippen LogP contribution in [0.5, 0.6) is 0 Å². The Morgan fingerprint density at radius 3 is 2.74 bits per heavy atom. The zero-order chi connectivity index (χ0) is 16.6. The first-order chi connectivity index (χ1) is 11.0. The average Bonchev–Trinajstić information content (AvgIpc) is 2.95. The maximum Gasteiger partial charge on any atom is 0.246 e. The van der Waals surface area contributed by atoms with Gasteiger partial charge in [0.05, 0.1) is 0 Å². The van der Waals surface area contributed by atoms with Crippen LogP contribution in [0.1, 0.15) is 31.4 Å². The van der Waals surface area contributed by atoms with Crippen molar-refractivity contribution in [3.63, 3.8) is 0 Å². The van der Waals surface area contributed by atoms with Crippen molar-refractivity contribution < 1.29 is 9.59 Å². The Bertz CT molecular complexity index is 614. The van der Waals surface area contributed by atoms with Crippen LogP contribution >= 0.6 is 0 Å². The van der Waals surface area contributed by atoms with Crippen molar-refractivity contribution in [2.75, 3.05) is 6.54 Å². The smallest absolute Gasteiger partial charge is 0.246 e. The molecule has 0 unspecified atom stereocenters. The van der Waals surface area contributed by atoms with Crippen LogP contribution in [0, 0.1) is 12.8 Å². The Balaban J connectivity index is 1.64. The molecule has 2 heterocycles. The first-order valence-corrected chi connectivity index (χ1v) is 8.36. The molecule has 0 radical (unpaired) electrons. The fourth-order valence-corrected chi connectivity index (χ4v) is 3.48. The quantitative estimate of drug-likeness (QED) is 0.878. The molecule has 1 aromatic rings. The van der Waals surface area contributed by atoms with Crippen molar-refractivity contribution in [3.05, 3.63) is 35.4 Å². The van der Waals surface area contributed by atoms with Crippen molar-refractivity contribution in [3.8, 4) is 0 Å². The van der Waals surface area contributed by atoms with E-state index in [1.54, 1.807) is 4.90 Å². The van der Waals surface area contributed by atoms with Gasteiger partial charge in [-0.15, -0.1) is 0 Å². The SMILES string of the molecule is Cc1ccccc1CN[C@H]1C[C@H]2C(=O)N[C@@H](C(C)C)C(=O)N2C1. The van der Waals surface area contributed by atoms with E-state index >= 15 is 0 Å². The highest BCUT2D eigenvalue weighted by Crippen LogP contribution is 2.25. The molecule has 0 saturated carbocycles. The number of benzene rings is 1. The van der Waals surface area contributed by atoms with Gasteiger partial charge in [0.15, 0.2) is 0 Å².